The summed E-state index contributed by atoms with van der Waals surface area (Å²) in [5.74, 6) is -1.42. The molecule has 5 nitrogen and oxygen atoms in total. The number of hydrogen-bond donors (Lipinski definition) is 2. The van der Waals surface area contributed by atoms with Crippen LogP contribution in [0.1, 0.15) is 21.5 Å². The standard InChI is InChI=1S/C29H16FN3O2/c30-23-11-12-25-24(14-23)27(26-21(15-31)5-2-6-22(26)16-32)28(33-25)20-4-1-3-19(13-20)17-7-9-18(10-8-17)29(34)35/h1-14,33H,(H,34,35). The maximum absolute atomic E-state index is 14.3. The van der Waals surface area contributed by atoms with E-state index in [0.717, 1.165) is 16.7 Å². The van der Waals surface area contributed by atoms with Gasteiger partial charge in [-0.25, -0.2) is 9.18 Å². The minimum atomic E-state index is -0.996. The van der Waals surface area contributed by atoms with Crippen molar-refractivity contribution in [3.05, 3.63) is 107 Å². The second-order valence-electron chi connectivity index (χ2n) is 7.98. The largest absolute Gasteiger partial charge is 0.478 e. The second kappa shape index (κ2) is 8.62. The molecule has 0 amide bonds. The number of hydrogen-bond acceptors (Lipinski definition) is 3. The summed E-state index contributed by atoms with van der Waals surface area (Å²) in [6.45, 7) is 0. The van der Waals surface area contributed by atoms with Crippen molar-refractivity contribution < 1.29 is 14.3 Å². The fraction of sp³-hybridized carbons (Fsp3) is 0. The predicted molar refractivity (Wildman–Crippen MR) is 131 cm³/mol. The molecule has 0 aliphatic rings. The number of nitrogens with zero attached hydrogens (tertiary/aromatic N) is 2. The predicted octanol–water partition coefficient (Wildman–Crippen LogP) is 6.75. The molecule has 0 saturated heterocycles. The van der Waals surface area contributed by atoms with Gasteiger partial charge in [0.1, 0.15) is 5.82 Å². The summed E-state index contributed by atoms with van der Waals surface area (Å²) in [7, 11) is 0. The van der Waals surface area contributed by atoms with Crippen molar-refractivity contribution in [2.75, 3.05) is 0 Å². The van der Waals surface area contributed by atoms with E-state index in [0.29, 0.717) is 38.9 Å². The van der Waals surface area contributed by atoms with Gasteiger partial charge in [-0.3, -0.25) is 0 Å². The second-order valence-corrected chi connectivity index (χ2v) is 7.98. The van der Waals surface area contributed by atoms with E-state index in [-0.39, 0.29) is 5.56 Å². The Kier molecular flexibility index (Phi) is 5.33. The molecule has 166 valence electrons. The number of H-pyrrole nitrogens is 1. The number of benzene rings is 4. The lowest BCUT2D eigenvalue weighted by atomic mass is 9.90. The summed E-state index contributed by atoms with van der Waals surface area (Å²) in [5, 5.41) is 29.3. The van der Waals surface area contributed by atoms with Crippen LogP contribution in [0.25, 0.3) is 44.4 Å². The summed E-state index contributed by atoms with van der Waals surface area (Å²) in [6, 6.07) is 27.8. The highest BCUT2D eigenvalue weighted by Crippen LogP contribution is 2.42. The Morgan fingerprint density at radius 3 is 2.09 bits per heavy atom. The zero-order valence-corrected chi connectivity index (χ0v) is 18.2. The molecule has 0 bridgehead atoms. The van der Waals surface area contributed by atoms with Crippen LogP contribution in [-0.4, -0.2) is 16.1 Å². The van der Waals surface area contributed by atoms with Crippen LogP contribution in [0.2, 0.25) is 0 Å². The average Bonchev–Trinajstić information content (AvgIpc) is 3.26. The molecule has 0 saturated carbocycles. The molecule has 6 heteroatoms. The molecule has 1 aromatic heterocycles. The zero-order valence-electron chi connectivity index (χ0n) is 18.2. The number of rotatable bonds is 4. The number of carbonyl (C=O) groups is 1. The molecule has 1 heterocycles. The first kappa shape index (κ1) is 21.6. The minimum Gasteiger partial charge on any atom is -0.478 e. The average molecular weight is 457 g/mol. The van der Waals surface area contributed by atoms with E-state index in [1.54, 1.807) is 48.5 Å². The van der Waals surface area contributed by atoms with Gasteiger partial charge in [0.25, 0.3) is 0 Å². The Hall–Kier alpha value is -5.20. The Bertz CT molecular complexity index is 1670. The van der Waals surface area contributed by atoms with Gasteiger partial charge in [0.05, 0.1) is 34.5 Å². The maximum atomic E-state index is 14.3. The van der Waals surface area contributed by atoms with Crippen LogP contribution < -0.4 is 0 Å². The molecule has 0 aliphatic carbocycles. The van der Waals surface area contributed by atoms with Crippen molar-refractivity contribution in [3.63, 3.8) is 0 Å². The van der Waals surface area contributed by atoms with E-state index >= 15 is 0 Å². The molecule has 2 N–H and O–H groups in total. The van der Waals surface area contributed by atoms with Crippen LogP contribution in [0.5, 0.6) is 0 Å². The van der Waals surface area contributed by atoms with Crippen LogP contribution in [-0.2, 0) is 0 Å². The van der Waals surface area contributed by atoms with Crippen molar-refractivity contribution in [1.82, 2.24) is 4.98 Å². The highest BCUT2D eigenvalue weighted by Gasteiger charge is 2.21. The molecule has 0 atom stereocenters. The highest BCUT2D eigenvalue weighted by molar-refractivity contribution is 6.06. The van der Waals surface area contributed by atoms with Crippen molar-refractivity contribution in [2.45, 2.75) is 0 Å². The minimum absolute atomic E-state index is 0.196. The molecule has 35 heavy (non-hydrogen) atoms. The van der Waals surface area contributed by atoms with Crippen molar-refractivity contribution in [1.29, 1.82) is 10.5 Å². The number of nitrogens with one attached hydrogen (secondary N) is 1. The van der Waals surface area contributed by atoms with E-state index < -0.39 is 11.8 Å². The lowest BCUT2D eigenvalue weighted by Gasteiger charge is -2.11. The number of aromatic carboxylic acids is 1. The highest BCUT2D eigenvalue weighted by atomic mass is 19.1. The number of carboxylic acid groups (broad SMARTS) is 1. The number of halogens is 1. The lowest BCUT2D eigenvalue weighted by molar-refractivity contribution is 0.0697. The summed E-state index contributed by atoms with van der Waals surface area (Å²) in [4.78, 5) is 14.5. The van der Waals surface area contributed by atoms with Gasteiger partial charge in [0.15, 0.2) is 0 Å². The van der Waals surface area contributed by atoms with Gasteiger partial charge < -0.3 is 10.1 Å². The molecular formula is C29H16FN3O2. The SMILES string of the molecule is N#Cc1cccc(C#N)c1-c1c(-c2cccc(-c3ccc(C(=O)O)cc3)c2)[nH]c2ccc(F)cc12. The fourth-order valence-corrected chi connectivity index (χ4v) is 4.31. The van der Waals surface area contributed by atoms with Gasteiger partial charge in [-0.1, -0.05) is 36.4 Å². The van der Waals surface area contributed by atoms with Gasteiger partial charge in [-0.2, -0.15) is 10.5 Å². The number of aromatic nitrogens is 1. The van der Waals surface area contributed by atoms with Gasteiger partial charge in [-0.15, -0.1) is 0 Å². The number of carboxylic acids is 1. The summed E-state index contributed by atoms with van der Waals surface area (Å²) >= 11 is 0. The Labute approximate surface area is 199 Å². The Balaban J connectivity index is 1.77. The number of fused-ring (bicyclic) bond motifs is 1. The van der Waals surface area contributed by atoms with Crippen molar-refractivity contribution in [3.8, 4) is 45.6 Å². The van der Waals surface area contributed by atoms with E-state index in [1.165, 1.54) is 12.1 Å². The summed E-state index contributed by atoms with van der Waals surface area (Å²) < 4.78 is 14.3. The third-order valence-electron chi connectivity index (χ3n) is 5.93. The number of aromatic amines is 1. The van der Waals surface area contributed by atoms with Gasteiger partial charge >= 0.3 is 5.97 Å². The summed E-state index contributed by atoms with van der Waals surface area (Å²) in [5.41, 5.74) is 5.62. The van der Waals surface area contributed by atoms with E-state index in [2.05, 4.69) is 17.1 Å². The maximum Gasteiger partial charge on any atom is 0.335 e. The third-order valence-corrected chi connectivity index (χ3v) is 5.93. The molecule has 5 aromatic rings. The fourth-order valence-electron chi connectivity index (χ4n) is 4.31. The first-order valence-electron chi connectivity index (χ1n) is 10.7. The smallest absolute Gasteiger partial charge is 0.335 e. The normalized spacial score (nSPS) is 10.6. The van der Waals surface area contributed by atoms with Gasteiger partial charge in [0.2, 0.25) is 0 Å². The van der Waals surface area contributed by atoms with E-state index in [4.69, 9.17) is 0 Å². The molecule has 0 unspecified atom stereocenters. The molecular weight excluding hydrogens is 441 g/mol. The van der Waals surface area contributed by atoms with E-state index in [9.17, 15) is 24.8 Å². The topological polar surface area (TPSA) is 101 Å². The Morgan fingerprint density at radius 2 is 1.43 bits per heavy atom. The van der Waals surface area contributed by atoms with Crippen molar-refractivity contribution >= 4 is 16.9 Å². The molecule has 4 aromatic carbocycles. The van der Waals surface area contributed by atoms with E-state index in [1.807, 2.05) is 24.3 Å². The first-order valence-corrected chi connectivity index (χ1v) is 10.7. The molecule has 0 fully saturated rings. The molecule has 0 spiro atoms. The van der Waals surface area contributed by atoms with Crippen LogP contribution in [0.15, 0.2) is 84.9 Å². The van der Waals surface area contributed by atoms with Gasteiger partial charge in [-0.05, 0) is 65.2 Å². The van der Waals surface area contributed by atoms with Crippen LogP contribution in [0, 0.1) is 28.5 Å². The zero-order chi connectivity index (χ0) is 24.5. The van der Waals surface area contributed by atoms with Crippen molar-refractivity contribution in [2.24, 2.45) is 0 Å². The van der Waals surface area contributed by atoms with Crippen LogP contribution >= 0.6 is 0 Å². The quantitative estimate of drug-likeness (QED) is 0.312. The summed E-state index contributed by atoms with van der Waals surface area (Å²) in [6.07, 6.45) is 0. The Morgan fingerprint density at radius 1 is 0.771 bits per heavy atom. The third kappa shape index (κ3) is 3.80. The molecule has 0 aliphatic heterocycles. The molecule has 5 rings (SSSR count). The van der Waals surface area contributed by atoms with Crippen LogP contribution in [0.3, 0.4) is 0 Å². The monoisotopic (exact) mass is 457 g/mol. The lowest BCUT2D eigenvalue weighted by Crippen LogP contribution is -1.95. The first-order chi connectivity index (χ1) is 17.0. The number of nitriles is 2. The molecule has 0 radical (unpaired) electrons. The van der Waals surface area contributed by atoms with Crippen LogP contribution in [0.4, 0.5) is 4.39 Å². The van der Waals surface area contributed by atoms with Gasteiger partial charge in [0, 0.05) is 22.0 Å².